The summed E-state index contributed by atoms with van der Waals surface area (Å²) >= 11 is 0. The molecular weight excluding hydrogens is 344 g/mol. The van der Waals surface area contributed by atoms with Crippen LogP contribution in [-0.2, 0) is 9.59 Å². The Balaban J connectivity index is 1.92. The standard InChI is InChI=1S/C21H26N2O4/c1-4-5-6-20(24)23-18-12-9-16(13-19(18)26-3)22-21(25)14-27-17-10-7-15(2)8-11-17/h7-13H,4-6,14H2,1-3H3,(H,22,25)(H,23,24). The molecule has 0 aliphatic heterocycles. The maximum Gasteiger partial charge on any atom is 0.262 e. The van der Waals surface area contributed by atoms with E-state index in [1.165, 1.54) is 7.11 Å². The molecule has 0 radical (unpaired) electrons. The van der Waals surface area contributed by atoms with Crippen LogP contribution in [-0.4, -0.2) is 25.5 Å². The monoisotopic (exact) mass is 370 g/mol. The number of hydrogen-bond donors (Lipinski definition) is 2. The quantitative estimate of drug-likeness (QED) is 0.695. The zero-order chi connectivity index (χ0) is 19.6. The van der Waals surface area contributed by atoms with Crippen LogP contribution >= 0.6 is 0 Å². The highest BCUT2D eigenvalue weighted by atomic mass is 16.5. The van der Waals surface area contributed by atoms with Crippen molar-refractivity contribution in [3.8, 4) is 11.5 Å². The molecule has 2 amide bonds. The number of methoxy groups -OCH3 is 1. The molecule has 2 aromatic carbocycles. The van der Waals surface area contributed by atoms with Gasteiger partial charge >= 0.3 is 0 Å². The van der Waals surface area contributed by atoms with Gasteiger partial charge in [0.05, 0.1) is 12.8 Å². The number of rotatable bonds is 9. The molecule has 144 valence electrons. The Morgan fingerprint density at radius 3 is 2.41 bits per heavy atom. The Kier molecular flexibility index (Phi) is 7.67. The summed E-state index contributed by atoms with van der Waals surface area (Å²) in [6.45, 7) is 3.93. The van der Waals surface area contributed by atoms with E-state index in [9.17, 15) is 9.59 Å². The van der Waals surface area contributed by atoms with Crippen molar-refractivity contribution in [2.45, 2.75) is 33.1 Å². The van der Waals surface area contributed by atoms with Crippen LogP contribution in [0.15, 0.2) is 42.5 Å². The molecule has 0 aliphatic rings. The van der Waals surface area contributed by atoms with Crippen LogP contribution in [0.2, 0.25) is 0 Å². The Morgan fingerprint density at radius 2 is 1.74 bits per heavy atom. The summed E-state index contributed by atoms with van der Waals surface area (Å²) in [5.41, 5.74) is 2.27. The second-order valence-corrected chi connectivity index (χ2v) is 6.22. The summed E-state index contributed by atoms with van der Waals surface area (Å²) in [6, 6.07) is 12.6. The topological polar surface area (TPSA) is 76.7 Å². The summed E-state index contributed by atoms with van der Waals surface area (Å²) in [6.07, 6.45) is 2.26. The Morgan fingerprint density at radius 1 is 1.00 bits per heavy atom. The van der Waals surface area contributed by atoms with E-state index in [0.717, 1.165) is 18.4 Å². The molecule has 27 heavy (non-hydrogen) atoms. The Labute approximate surface area is 159 Å². The average molecular weight is 370 g/mol. The first-order valence-electron chi connectivity index (χ1n) is 8.99. The number of benzene rings is 2. The van der Waals surface area contributed by atoms with Crippen LogP contribution in [0.3, 0.4) is 0 Å². The zero-order valence-electron chi connectivity index (χ0n) is 16.0. The fourth-order valence-electron chi connectivity index (χ4n) is 2.40. The summed E-state index contributed by atoms with van der Waals surface area (Å²) in [4.78, 5) is 24.0. The van der Waals surface area contributed by atoms with Crippen molar-refractivity contribution in [3.05, 3.63) is 48.0 Å². The lowest BCUT2D eigenvalue weighted by Crippen LogP contribution is -2.20. The summed E-state index contributed by atoms with van der Waals surface area (Å²) < 4.78 is 10.8. The van der Waals surface area contributed by atoms with E-state index in [1.807, 2.05) is 38.1 Å². The highest BCUT2D eigenvalue weighted by molar-refractivity contribution is 5.95. The lowest BCUT2D eigenvalue weighted by molar-refractivity contribution is -0.118. The zero-order valence-corrected chi connectivity index (χ0v) is 16.0. The van der Waals surface area contributed by atoms with Gasteiger partial charge in [0, 0.05) is 18.2 Å². The minimum atomic E-state index is -0.280. The van der Waals surface area contributed by atoms with Gasteiger partial charge in [-0.25, -0.2) is 0 Å². The molecule has 2 N–H and O–H groups in total. The van der Waals surface area contributed by atoms with Gasteiger partial charge in [-0.3, -0.25) is 9.59 Å². The van der Waals surface area contributed by atoms with Crippen LogP contribution in [0.25, 0.3) is 0 Å². The van der Waals surface area contributed by atoms with E-state index in [1.54, 1.807) is 18.2 Å². The predicted molar refractivity (Wildman–Crippen MR) is 106 cm³/mol. The van der Waals surface area contributed by atoms with Crippen LogP contribution in [0.4, 0.5) is 11.4 Å². The van der Waals surface area contributed by atoms with Crippen LogP contribution in [0, 0.1) is 6.92 Å². The van der Waals surface area contributed by atoms with Crippen LogP contribution in [0.5, 0.6) is 11.5 Å². The number of nitrogens with one attached hydrogen (secondary N) is 2. The van der Waals surface area contributed by atoms with Crippen molar-refractivity contribution in [2.24, 2.45) is 0 Å². The third-order valence-corrected chi connectivity index (χ3v) is 3.91. The van der Waals surface area contributed by atoms with Crippen molar-refractivity contribution in [1.82, 2.24) is 0 Å². The molecule has 0 aliphatic carbocycles. The van der Waals surface area contributed by atoms with E-state index in [0.29, 0.717) is 29.3 Å². The van der Waals surface area contributed by atoms with Gasteiger partial charge in [-0.1, -0.05) is 31.0 Å². The Hall–Kier alpha value is -3.02. The molecule has 0 spiro atoms. The van der Waals surface area contributed by atoms with Crippen molar-refractivity contribution in [1.29, 1.82) is 0 Å². The molecule has 0 aromatic heterocycles. The first kappa shape index (κ1) is 20.3. The molecule has 2 aromatic rings. The molecule has 0 saturated heterocycles. The van der Waals surface area contributed by atoms with E-state index < -0.39 is 0 Å². The van der Waals surface area contributed by atoms with Gasteiger partial charge < -0.3 is 20.1 Å². The molecule has 0 saturated carbocycles. The molecule has 2 rings (SSSR count). The summed E-state index contributed by atoms with van der Waals surface area (Å²) in [5, 5.41) is 5.58. The van der Waals surface area contributed by atoms with Gasteiger partial charge in [-0.2, -0.15) is 0 Å². The first-order chi connectivity index (χ1) is 13.0. The maximum atomic E-state index is 12.1. The highest BCUT2D eigenvalue weighted by Crippen LogP contribution is 2.28. The predicted octanol–water partition coefficient (Wildman–Crippen LogP) is 4.15. The van der Waals surface area contributed by atoms with E-state index in [4.69, 9.17) is 9.47 Å². The van der Waals surface area contributed by atoms with Crippen LogP contribution in [0.1, 0.15) is 31.7 Å². The van der Waals surface area contributed by atoms with Gasteiger partial charge in [0.25, 0.3) is 5.91 Å². The largest absolute Gasteiger partial charge is 0.494 e. The van der Waals surface area contributed by atoms with Crippen molar-refractivity contribution in [2.75, 3.05) is 24.4 Å². The van der Waals surface area contributed by atoms with Gasteiger partial charge in [0.1, 0.15) is 11.5 Å². The van der Waals surface area contributed by atoms with E-state index in [2.05, 4.69) is 10.6 Å². The molecule has 0 heterocycles. The number of carbonyl (C=O) groups excluding carboxylic acids is 2. The third-order valence-electron chi connectivity index (χ3n) is 3.91. The van der Waals surface area contributed by atoms with E-state index >= 15 is 0 Å². The average Bonchev–Trinajstić information content (AvgIpc) is 2.67. The lowest BCUT2D eigenvalue weighted by atomic mass is 10.2. The molecule has 6 heteroatoms. The second kappa shape index (κ2) is 10.2. The Bertz CT molecular complexity index is 772. The number of ether oxygens (including phenoxy) is 2. The summed E-state index contributed by atoms with van der Waals surface area (Å²) in [5.74, 6) is 0.784. The maximum absolute atomic E-state index is 12.1. The third kappa shape index (κ3) is 6.66. The number of unbranched alkanes of at least 4 members (excludes halogenated alkanes) is 1. The number of aryl methyl sites for hydroxylation is 1. The molecule has 0 unspecified atom stereocenters. The first-order valence-corrected chi connectivity index (χ1v) is 8.99. The number of anilines is 2. The smallest absolute Gasteiger partial charge is 0.262 e. The lowest BCUT2D eigenvalue weighted by Gasteiger charge is -2.13. The SMILES string of the molecule is CCCCC(=O)Nc1ccc(NC(=O)COc2ccc(C)cc2)cc1OC. The minimum Gasteiger partial charge on any atom is -0.494 e. The van der Waals surface area contributed by atoms with Gasteiger partial charge in [0.15, 0.2) is 6.61 Å². The second-order valence-electron chi connectivity index (χ2n) is 6.22. The fraction of sp³-hybridized carbons (Fsp3) is 0.333. The van der Waals surface area contributed by atoms with Crippen molar-refractivity contribution in [3.63, 3.8) is 0 Å². The van der Waals surface area contributed by atoms with Gasteiger partial charge in [-0.05, 0) is 37.6 Å². The number of amides is 2. The molecule has 0 atom stereocenters. The van der Waals surface area contributed by atoms with Gasteiger partial charge in [0.2, 0.25) is 5.91 Å². The highest BCUT2D eigenvalue weighted by Gasteiger charge is 2.10. The van der Waals surface area contributed by atoms with Gasteiger partial charge in [-0.15, -0.1) is 0 Å². The molecule has 0 bridgehead atoms. The molecule has 6 nitrogen and oxygen atoms in total. The minimum absolute atomic E-state index is 0.0570. The molecular formula is C21H26N2O4. The van der Waals surface area contributed by atoms with Crippen molar-refractivity contribution < 1.29 is 19.1 Å². The number of hydrogen-bond acceptors (Lipinski definition) is 4. The number of carbonyl (C=O) groups is 2. The fourth-order valence-corrected chi connectivity index (χ4v) is 2.40. The normalized spacial score (nSPS) is 10.2. The van der Waals surface area contributed by atoms with Crippen LogP contribution < -0.4 is 20.1 Å². The molecule has 0 fully saturated rings. The van der Waals surface area contributed by atoms with Crippen molar-refractivity contribution >= 4 is 23.2 Å². The summed E-state index contributed by atoms with van der Waals surface area (Å²) in [7, 11) is 1.52. The van der Waals surface area contributed by atoms with E-state index in [-0.39, 0.29) is 18.4 Å².